The number of rotatable bonds is 5. The number of hydrogen-bond acceptors (Lipinski definition) is 5. The van der Waals surface area contributed by atoms with Crippen molar-refractivity contribution in [3.05, 3.63) is 123 Å². The largest absolute Gasteiger partial charge is 0.322 e. The van der Waals surface area contributed by atoms with Crippen LogP contribution in [0.2, 0.25) is 0 Å². The third kappa shape index (κ3) is 4.20. The Balaban J connectivity index is 1.47. The highest BCUT2D eigenvalue weighted by Gasteiger charge is 2.32. The predicted octanol–water partition coefficient (Wildman–Crippen LogP) is 4.16. The van der Waals surface area contributed by atoms with Crippen LogP contribution < -0.4 is 5.56 Å². The topological polar surface area (TPSA) is 79.7 Å². The van der Waals surface area contributed by atoms with Crippen molar-refractivity contribution in [2.24, 2.45) is 0 Å². The van der Waals surface area contributed by atoms with Crippen molar-refractivity contribution in [1.82, 2.24) is 30.1 Å². The smallest absolute Gasteiger partial charge is 0.253 e. The summed E-state index contributed by atoms with van der Waals surface area (Å²) < 4.78 is 15.2. The molecule has 0 bridgehead atoms. The molecule has 0 aliphatic carbocycles. The monoisotopic (exact) mass is 480 g/mol. The number of hydrogen-bond donors (Lipinski definition) is 1. The summed E-state index contributed by atoms with van der Waals surface area (Å²) in [5.41, 5.74) is 5.75. The Labute approximate surface area is 207 Å². The summed E-state index contributed by atoms with van der Waals surface area (Å²) in [6, 6.07) is 22.2. The van der Waals surface area contributed by atoms with Crippen LogP contribution in [0, 0.1) is 12.7 Å². The van der Waals surface area contributed by atoms with Gasteiger partial charge in [0, 0.05) is 24.2 Å². The van der Waals surface area contributed by atoms with Crippen molar-refractivity contribution in [1.29, 1.82) is 0 Å². The molecule has 0 saturated heterocycles. The van der Waals surface area contributed by atoms with E-state index in [4.69, 9.17) is 0 Å². The molecule has 1 atom stereocenters. The Morgan fingerprint density at radius 1 is 1.03 bits per heavy atom. The SMILES string of the molecule is Cc1ccc2cc([C@@H](c3nnnn3Cc3ccc(F)cc3)N3CCc4ccccc4C3)c(=O)[nH]c2c1. The van der Waals surface area contributed by atoms with Gasteiger partial charge in [-0.3, -0.25) is 9.69 Å². The number of aromatic nitrogens is 5. The van der Waals surface area contributed by atoms with Crippen molar-refractivity contribution in [3.8, 4) is 0 Å². The number of pyridine rings is 1. The van der Waals surface area contributed by atoms with Crippen molar-refractivity contribution >= 4 is 10.9 Å². The van der Waals surface area contributed by atoms with Crippen LogP contribution in [0.25, 0.3) is 10.9 Å². The first kappa shape index (κ1) is 22.3. The molecule has 2 aromatic heterocycles. The van der Waals surface area contributed by atoms with Crippen LogP contribution in [0.3, 0.4) is 0 Å². The summed E-state index contributed by atoms with van der Waals surface area (Å²) in [6.07, 6.45) is 0.872. The summed E-state index contributed by atoms with van der Waals surface area (Å²) >= 11 is 0. The van der Waals surface area contributed by atoms with E-state index < -0.39 is 6.04 Å². The molecule has 36 heavy (non-hydrogen) atoms. The van der Waals surface area contributed by atoms with E-state index in [0.29, 0.717) is 24.5 Å². The van der Waals surface area contributed by atoms with Crippen molar-refractivity contribution < 1.29 is 4.39 Å². The van der Waals surface area contributed by atoms with E-state index in [1.807, 2.05) is 37.3 Å². The first-order chi connectivity index (χ1) is 17.5. The average molecular weight is 481 g/mol. The summed E-state index contributed by atoms with van der Waals surface area (Å²) in [5.74, 6) is 0.286. The Morgan fingerprint density at radius 3 is 2.67 bits per heavy atom. The zero-order valence-electron chi connectivity index (χ0n) is 19.9. The maximum absolute atomic E-state index is 13.5. The molecule has 1 aliphatic heterocycles. The molecule has 0 saturated carbocycles. The number of fused-ring (bicyclic) bond motifs is 2. The lowest BCUT2D eigenvalue weighted by atomic mass is 9.95. The summed E-state index contributed by atoms with van der Waals surface area (Å²) in [4.78, 5) is 18.8. The Hall–Kier alpha value is -4.17. The normalized spacial score (nSPS) is 14.6. The quantitative estimate of drug-likeness (QED) is 0.409. The van der Waals surface area contributed by atoms with Gasteiger partial charge in [0.05, 0.1) is 6.54 Å². The maximum atomic E-state index is 13.5. The minimum atomic E-state index is -0.455. The fraction of sp³-hybridized carbons (Fsp3) is 0.214. The van der Waals surface area contributed by atoms with E-state index in [2.05, 4.69) is 43.6 Å². The number of nitrogens with zero attached hydrogens (tertiary/aromatic N) is 5. The highest BCUT2D eigenvalue weighted by Crippen LogP contribution is 2.32. The van der Waals surface area contributed by atoms with E-state index in [1.54, 1.807) is 16.8 Å². The molecule has 3 aromatic carbocycles. The molecule has 8 heteroatoms. The average Bonchev–Trinajstić information content (AvgIpc) is 3.33. The second-order valence-corrected chi connectivity index (χ2v) is 9.36. The number of benzene rings is 3. The molecule has 6 rings (SSSR count). The standard InChI is InChI=1S/C28H25FN6O/c1-18-6-9-21-15-24(28(36)30-25(21)14-18)26(34-13-12-20-4-2-3-5-22(20)17-34)27-31-32-33-35(27)16-19-7-10-23(29)11-8-19/h2-11,14-15,26H,12-13,16-17H2,1H3,(H,30,36)/t26-/m0/s1. The molecule has 5 aromatic rings. The first-order valence-electron chi connectivity index (χ1n) is 12.0. The van der Waals surface area contributed by atoms with Crippen molar-refractivity contribution in [3.63, 3.8) is 0 Å². The number of halogens is 1. The molecule has 7 nitrogen and oxygen atoms in total. The Kier molecular flexibility index (Phi) is 5.65. The van der Waals surface area contributed by atoms with Gasteiger partial charge in [0.15, 0.2) is 5.82 Å². The van der Waals surface area contributed by atoms with Gasteiger partial charge in [0.25, 0.3) is 5.56 Å². The molecular weight excluding hydrogens is 455 g/mol. The summed E-state index contributed by atoms with van der Waals surface area (Å²) in [5, 5.41) is 13.6. The predicted molar refractivity (Wildman–Crippen MR) is 135 cm³/mol. The number of aryl methyl sites for hydroxylation is 1. The van der Waals surface area contributed by atoms with Crippen LogP contribution in [-0.4, -0.2) is 36.6 Å². The highest BCUT2D eigenvalue weighted by atomic mass is 19.1. The lowest BCUT2D eigenvalue weighted by Crippen LogP contribution is -2.38. The second kappa shape index (κ2) is 9.13. The number of H-pyrrole nitrogens is 1. The summed E-state index contributed by atoms with van der Waals surface area (Å²) in [6.45, 7) is 3.81. The van der Waals surface area contributed by atoms with Gasteiger partial charge in [-0.05, 0) is 75.7 Å². The van der Waals surface area contributed by atoms with Crippen molar-refractivity contribution in [2.45, 2.75) is 32.5 Å². The van der Waals surface area contributed by atoms with Crippen LogP contribution in [0.4, 0.5) is 4.39 Å². The van der Waals surface area contributed by atoms with Gasteiger partial charge < -0.3 is 4.98 Å². The van der Waals surface area contributed by atoms with Gasteiger partial charge in [-0.1, -0.05) is 48.5 Å². The maximum Gasteiger partial charge on any atom is 0.253 e. The second-order valence-electron chi connectivity index (χ2n) is 9.36. The van der Waals surface area contributed by atoms with E-state index >= 15 is 0 Å². The van der Waals surface area contributed by atoms with Gasteiger partial charge in [-0.15, -0.1) is 5.10 Å². The first-order valence-corrected chi connectivity index (χ1v) is 12.0. The molecule has 0 unspecified atom stereocenters. The van der Waals surface area contributed by atoms with Crippen LogP contribution in [-0.2, 0) is 19.5 Å². The third-order valence-electron chi connectivity index (χ3n) is 6.90. The van der Waals surface area contributed by atoms with Crippen LogP contribution in [0.1, 0.15) is 39.7 Å². The van der Waals surface area contributed by atoms with Gasteiger partial charge >= 0.3 is 0 Å². The molecule has 3 heterocycles. The molecule has 1 aliphatic rings. The zero-order chi connectivity index (χ0) is 24.6. The third-order valence-corrected chi connectivity index (χ3v) is 6.90. The number of tetrazole rings is 1. The molecule has 180 valence electrons. The molecule has 0 spiro atoms. The van der Waals surface area contributed by atoms with E-state index in [0.717, 1.165) is 35.0 Å². The molecular formula is C28H25FN6O. The molecule has 0 radical (unpaired) electrons. The van der Waals surface area contributed by atoms with Crippen LogP contribution in [0.5, 0.6) is 0 Å². The van der Waals surface area contributed by atoms with E-state index in [1.165, 1.54) is 23.3 Å². The zero-order valence-corrected chi connectivity index (χ0v) is 19.9. The van der Waals surface area contributed by atoms with Gasteiger partial charge in [-0.25, -0.2) is 9.07 Å². The minimum Gasteiger partial charge on any atom is -0.322 e. The molecule has 1 N–H and O–H groups in total. The fourth-order valence-corrected chi connectivity index (χ4v) is 5.05. The van der Waals surface area contributed by atoms with E-state index in [9.17, 15) is 9.18 Å². The van der Waals surface area contributed by atoms with Gasteiger partial charge in [0.1, 0.15) is 11.9 Å². The van der Waals surface area contributed by atoms with Gasteiger partial charge in [0.2, 0.25) is 0 Å². The lowest BCUT2D eigenvalue weighted by Gasteiger charge is -2.34. The van der Waals surface area contributed by atoms with Crippen LogP contribution >= 0.6 is 0 Å². The highest BCUT2D eigenvalue weighted by molar-refractivity contribution is 5.79. The van der Waals surface area contributed by atoms with Crippen molar-refractivity contribution in [2.75, 3.05) is 6.54 Å². The Morgan fingerprint density at radius 2 is 1.83 bits per heavy atom. The van der Waals surface area contributed by atoms with Gasteiger partial charge in [-0.2, -0.15) is 0 Å². The summed E-state index contributed by atoms with van der Waals surface area (Å²) in [7, 11) is 0. The number of aromatic amines is 1. The van der Waals surface area contributed by atoms with E-state index in [-0.39, 0.29) is 11.4 Å². The molecule has 0 amide bonds. The Bertz CT molecular complexity index is 1610. The van der Waals surface area contributed by atoms with Crippen LogP contribution in [0.15, 0.2) is 77.6 Å². The minimum absolute atomic E-state index is 0.159. The number of nitrogens with one attached hydrogen (secondary N) is 1. The lowest BCUT2D eigenvalue weighted by molar-refractivity contribution is 0.194. The fourth-order valence-electron chi connectivity index (χ4n) is 5.05. The molecule has 0 fully saturated rings.